The van der Waals surface area contributed by atoms with Gasteiger partial charge in [0.2, 0.25) is 0 Å². The van der Waals surface area contributed by atoms with Gasteiger partial charge in [-0.1, -0.05) is 92.0 Å². The third-order valence-corrected chi connectivity index (χ3v) is 5.99. The van der Waals surface area contributed by atoms with E-state index in [9.17, 15) is 4.39 Å². The monoisotopic (exact) mass is 454 g/mol. The van der Waals surface area contributed by atoms with Crippen molar-refractivity contribution >= 4 is 0 Å². The number of benzene rings is 3. The molecule has 3 aromatic rings. The van der Waals surface area contributed by atoms with E-state index in [2.05, 4.69) is 42.5 Å². The lowest BCUT2D eigenvalue weighted by Crippen LogP contribution is -2.26. The third-order valence-electron chi connectivity index (χ3n) is 5.99. The number of halogens is 1. The summed E-state index contributed by atoms with van der Waals surface area (Å²) >= 11 is 0. The first-order valence-electron chi connectivity index (χ1n) is 11.9. The molecule has 0 fully saturated rings. The summed E-state index contributed by atoms with van der Waals surface area (Å²) in [4.78, 5) is 0. The molecule has 0 heterocycles. The predicted octanol–water partition coefficient (Wildman–Crippen LogP) is 7.41. The molecule has 2 N–H and O–H groups in total. The van der Waals surface area contributed by atoms with Crippen LogP contribution >= 0.6 is 0 Å². The molecule has 0 saturated carbocycles. The molecule has 0 spiro atoms. The smallest absolute Gasteiger partial charge is 0.131 e. The van der Waals surface area contributed by atoms with Gasteiger partial charge in [0.15, 0.2) is 0 Å². The Hall–Kier alpha value is -3.59. The molecule has 1 unspecified atom stereocenters. The van der Waals surface area contributed by atoms with Crippen LogP contribution in [0.15, 0.2) is 116 Å². The largest absolute Gasteiger partial charge is 0.383 e. The summed E-state index contributed by atoms with van der Waals surface area (Å²) in [6.45, 7) is 13.7. The second kappa shape index (κ2) is 13.2. The summed E-state index contributed by atoms with van der Waals surface area (Å²) in [5.74, 6) is 0.117. The van der Waals surface area contributed by atoms with Crippen LogP contribution in [-0.2, 0) is 13.0 Å². The molecule has 3 rings (SSSR count). The van der Waals surface area contributed by atoms with E-state index >= 15 is 0 Å². The molecule has 3 heteroatoms. The summed E-state index contributed by atoms with van der Waals surface area (Å²) in [5.41, 5.74) is 5.71. The molecule has 0 amide bonds. The quantitative estimate of drug-likeness (QED) is 0.248. The number of hydrogen-bond donors (Lipinski definition) is 2. The number of nitrogens with one attached hydrogen (secondary N) is 2. The first-order chi connectivity index (χ1) is 16.6. The lowest BCUT2D eigenvalue weighted by Gasteiger charge is -2.21. The van der Waals surface area contributed by atoms with Crippen LogP contribution in [0.1, 0.15) is 30.4 Å². The molecule has 1 atom stereocenters. The van der Waals surface area contributed by atoms with Crippen molar-refractivity contribution in [3.05, 3.63) is 133 Å². The number of rotatable bonds is 14. The number of aryl methyl sites for hydroxylation is 1. The fourth-order valence-corrected chi connectivity index (χ4v) is 4.00. The normalized spacial score (nSPS) is 11.4. The molecule has 0 aliphatic carbocycles. The molecule has 34 heavy (non-hydrogen) atoms. The Balaban J connectivity index is 1.45. The molecule has 176 valence electrons. The SMILES string of the molecule is C=CCC(CCCc1ccc(-c2ccccc2)c(F)c1)C(=C)NCC(=C)NCc1ccccc1. The van der Waals surface area contributed by atoms with Crippen LogP contribution in [-0.4, -0.2) is 6.54 Å². The molecular weight excluding hydrogens is 419 g/mol. The van der Waals surface area contributed by atoms with Crippen LogP contribution in [0.5, 0.6) is 0 Å². The first-order valence-corrected chi connectivity index (χ1v) is 11.9. The van der Waals surface area contributed by atoms with Crippen LogP contribution < -0.4 is 10.6 Å². The first kappa shape index (κ1) is 25.0. The highest BCUT2D eigenvalue weighted by Gasteiger charge is 2.12. The summed E-state index contributed by atoms with van der Waals surface area (Å²) in [5, 5.41) is 6.78. The topological polar surface area (TPSA) is 24.1 Å². The van der Waals surface area contributed by atoms with Gasteiger partial charge < -0.3 is 10.6 Å². The van der Waals surface area contributed by atoms with Crippen LogP contribution in [0.25, 0.3) is 11.1 Å². The Labute approximate surface area is 203 Å². The highest BCUT2D eigenvalue weighted by atomic mass is 19.1. The minimum absolute atomic E-state index is 0.168. The Morgan fingerprint density at radius 3 is 2.26 bits per heavy atom. The molecular formula is C31H35FN2. The number of allylic oxidation sites excluding steroid dienone is 2. The van der Waals surface area contributed by atoms with E-state index < -0.39 is 0 Å². The Morgan fingerprint density at radius 1 is 0.882 bits per heavy atom. The van der Waals surface area contributed by atoms with Gasteiger partial charge in [-0.25, -0.2) is 4.39 Å². The van der Waals surface area contributed by atoms with Crippen molar-refractivity contribution in [1.82, 2.24) is 10.6 Å². The molecule has 3 aromatic carbocycles. The van der Waals surface area contributed by atoms with E-state index in [4.69, 9.17) is 0 Å². The van der Waals surface area contributed by atoms with Gasteiger partial charge in [0.05, 0.1) is 6.54 Å². The van der Waals surface area contributed by atoms with Crippen molar-refractivity contribution in [2.45, 2.75) is 32.2 Å². The zero-order valence-electron chi connectivity index (χ0n) is 19.9. The maximum absolute atomic E-state index is 14.7. The molecule has 0 aromatic heterocycles. The van der Waals surface area contributed by atoms with E-state index in [0.29, 0.717) is 12.1 Å². The predicted molar refractivity (Wildman–Crippen MR) is 143 cm³/mol. The van der Waals surface area contributed by atoms with E-state index in [0.717, 1.165) is 54.7 Å². The summed E-state index contributed by atoms with van der Waals surface area (Å²) in [7, 11) is 0. The second-order valence-electron chi connectivity index (χ2n) is 8.62. The lowest BCUT2D eigenvalue weighted by molar-refractivity contribution is 0.508. The average Bonchev–Trinajstić information content (AvgIpc) is 2.86. The zero-order valence-corrected chi connectivity index (χ0v) is 19.9. The minimum atomic E-state index is -0.168. The van der Waals surface area contributed by atoms with Gasteiger partial charge in [0.1, 0.15) is 5.82 Å². The minimum Gasteiger partial charge on any atom is -0.383 e. The van der Waals surface area contributed by atoms with Gasteiger partial charge in [-0.05, 0) is 48.4 Å². The highest BCUT2D eigenvalue weighted by Crippen LogP contribution is 2.25. The van der Waals surface area contributed by atoms with Crippen LogP contribution in [0.2, 0.25) is 0 Å². The van der Waals surface area contributed by atoms with Crippen molar-refractivity contribution in [1.29, 1.82) is 0 Å². The second-order valence-corrected chi connectivity index (χ2v) is 8.62. The van der Waals surface area contributed by atoms with Gasteiger partial charge in [0.25, 0.3) is 0 Å². The molecule has 0 aliphatic rings. The standard InChI is InChI=1S/C31H35FN2/c1-4-12-28(25(3)34-22-24(2)33-23-27-13-7-5-8-14-27)18-11-15-26-19-20-30(31(32)21-26)29-16-9-6-10-17-29/h4-10,13-14,16-17,19-21,28,33-34H,1-3,11-12,15,18,22-23H2. The third kappa shape index (κ3) is 7.77. The maximum Gasteiger partial charge on any atom is 0.131 e. The summed E-state index contributed by atoms with van der Waals surface area (Å²) in [6.07, 6.45) is 5.55. The van der Waals surface area contributed by atoms with Gasteiger partial charge in [0, 0.05) is 29.4 Å². The van der Waals surface area contributed by atoms with Gasteiger partial charge in [-0.2, -0.15) is 0 Å². The lowest BCUT2D eigenvalue weighted by atomic mass is 9.93. The Kier molecular flexibility index (Phi) is 9.72. The maximum atomic E-state index is 14.7. The Morgan fingerprint density at radius 2 is 1.59 bits per heavy atom. The zero-order chi connectivity index (χ0) is 24.2. The van der Waals surface area contributed by atoms with Gasteiger partial charge in [-0.15, -0.1) is 6.58 Å². The van der Waals surface area contributed by atoms with E-state index in [1.54, 1.807) is 6.07 Å². The molecule has 2 nitrogen and oxygen atoms in total. The van der Waals surface area contributed by atoms with Crippen LogP contribution in [0.4, 0.5) is 4.39 Å². The van der Waals surface area contributed by atoms with E-state index in [1.807, 2.05) is 66.7 Å². The number of hydrogen-bond acceptors (Lipinski definition) is 2. The molecule has 0 bridgehead atoms. The average molecular weight is 455 g/mol. The van der Waals surface area contributed by atoms with Crippen LogP contribution in [0.3, 0.4) is 0 Å². The van der Waals surface area contributed by atoms with Crippen molar-refractivity contribution in [2.24, 2.45) is 5.92 Å². The molecule has 0 aliphatic heterocycles. The highest BCUT2D eigenvalue weighted by molar-refractivity contribution is 5.64. The van der Waals surface area contributed by atoms with Crippen molar-refractivity contribution in [3.63, 3.8) is 0 Å². The Bertz CT molecular complexity index is 1070. The van der Waals surface area contributed by atoms with Crippen molar-refractivity contribution < 1.29 is 4.39 Å². The molecule has 0 radical (unpaired) electrons. The van der Waals surface area contributed by atoms with Crippen LogP contribution in [0, 0.1) is 11.7 Å². The summed E-state index contributed by atoms with van der Waals surface area (Å²) < 4.78 is 14.7. The van der Waals surface area contributed by atoms with Crippen molar-refractivity contribution in [3.8, 4) is 11.1 Å². The fraction of sp³-hybridized carbons (Fsp3) is 0.226. The summed E-state index contributed by atoms with van der Waals surface area (Å²) in [6, 6.07) is 25.5. The van der Waals surface area contributed by atoms with Crippen molar-refractivity contribution in [2.75, 3.05) is 6.54 Å². The van der Waals surface area contributed by atoms with Gasteiger partial charge >= 0.3 is 0 Å². The van der Waals surface area contributed by atoms with E-state index in [1.165, 1.54) is 5.56 Å². The molecule has 0 saturated heterocycles. The van der Waals surface area contributed by atoms with Gasteiger partial charge in [-0.3, -0.25) is 0 Å². The fourth-order valence-electron chi connectivity index (χ4n) is 4.00. The van der Waals surface area contributed by atoms with E-state index in [-0.39, 0.29) is 11.7 Å².